The van der Waals surface area contributed by atoms with Crippen LogP contribution >= 0.6 is 11.8 Å². The number of hydrogen-bond acceptors (Lipinski definition) is 4. The summed E-state index contributed by atoms with van der Waals surface area (Å²) in [6.07, 6.45) is 2.94. The van der Waals surface area contributed by atoms with E-state index in [4.69, 9.17) is 0 Å². The first-order valence-corrected chi connectivity index (χ1v) is 7.87. The molecule has 1 atom stereocenters. The van der Waals surface area contributed by atoms with Gasteiger partial charge in [-0.3, -0.25) is 4.98 Å². The maximum atomic E-state index is 4.57. The molecule has 2 heterocycles. The minimum atomic E-state index is 0.315. The van der Waals surface area contributed by atoms with E-state index < -0.39 is 0 Å². The number of nitrogens with one attached hydrogen (secondary N) is 2. The molecule has 2 aromatic heterocycles. The number of fused-ring (bicyclic) bond motifs is 1. The Balaban J connectivity index is 1.78. The molecule has 0 saturated heterocycles. The zero-order chi connectivity index (χ0) is 14.7. The number of aromatic amines is 1. The molecule has 0 saturated carbocycles. The summed E-state index contributed by atoms with van der Waals surface area (Å²) in [6.45, 7) is 2.15. The molecule has 0 amide bonds. The van der Waals surface area contributed by atoms with Gasteiger partial charge < -0.3 is 10.3 Å². The maximum Gasteiger partial charge on any atom is 0.171 e. The lowest BCUT2D eigenvalue weighted by molar-refractivity contribution is 0.561. The largest absolute Gasteiger partial charge is 0.333 e. The van der Waals surface area contributed by atoms with E-state index in [-0.39, 0.29) is 0 Å². The van der Waals surface area contributed by atoms with Gasteiger partial charge in [0, 0.05) is 17.1 Å². The van der Waals surface area contributed by atoms with Crippen molar-refractivity contribution >= 4 is 22.8 Å². The highest BCUT2D eigenvalue weighted by Gasteiger charge is 2.09. The summed E-state index contributed by atoms with van der Waals surface area (Å²) in [5.74, 6) is 0. The Kier molecular flexibility index (Phi) is 4.22. The zero-order valence-corrected chi connectivity index (χ0v) is 12.9. The predicted octanol–water partition coefficient (Wildman–Crippen LogP) is 3.78. The van der Waals surface area contributed by atoms with Crippen LogP contribution in [0.5, 0.6) is 0 Å². The third-order valence-electron chi connectivity index (χ3n) is 3.46. The molecule has 21 heavy (non-hydrogen) atoms. The van der Waals surface area contributed by atoms with Crippen LogP contribution in [0.1, 0.15) is 25.1 Å². The SMILES string of the molecule is CCC(NC)c1ccc(Sc2nc3ccccc3[nH]2)cn1. The molecule has 5 heteroatoms. The van der Waals surface area contributed by atoms with Crippen molar-refractivity contribution in [2.45, 2.75) is 29.4 Å². The normalized spacial score (nSPS) is 12.7. The summed E-state index contributed by atoms with van der Waals surface area (Å²) in [7, 11) is 1.97. The Bertz CT molecular complexity index is 683. The fraction of sp³-hybridized carbons (Fsp3) is 0.250. The van der Waals surface area contributed by atoms with Crippen molar-refractivity contribution in [3.8, 4) is 0 Å². The molecule has 0 aliphatic heterocycles. The standard InChI is InChI=1S/C16H18N4S/c1-3-12(17-2)13-9-8-11(10-18-13)21-16-19-14-6-4-5-7-15(14)20-16/h4-10,12,17H,3H2,1-2H3,(H,19,20). The van der Waals surface area contributed by atoms with Crippen molar-refractivity contribution < 1.29 is 0 Å². The molecule has 3 rings (SSSR count). The molecule has 0 radical (unpaired) electrons. The van der Waals surface area contributed by atoms with Crippen LogP contribution in [-0.2, 0) is 0 Å². The van der Waals surface area contributed by atoms with Gasteiger partial charge in [-0.05, 0) is 37.7 Å². The fourth-order valence-corrected chi connectivity index (χ4v) is 3.08. The van der Waals surface area contributed by atoms with E-state index >= 15 is 0 Å². The Morgan fingerprint density at radius 1 is 1.24 bits per heavy atom. The predicted molar refractivity (Wildman–Crippen MR) is 86.5 cm³/mol. The number of H-pyrrole nitrogens is 1. The minimum absolute atomic E-state index is 0.315. The number of nitrogens with zero attached hydrogens (tertiary/aromatic N) is 2. The molecule has 0 aliphatic carbocycles. The van der Waals surface area contributed by atoms with Gasteiger partial charge in [-0.15, -0.1) is 0 Å². The summed E-state index contributed by atoms with van der Waals surface area (Å²) in [5.41, 5.74) is 3.13. The van der Waals surface area contributed by atoms with E-state index in [0.29, 0.717) is 6.04 Å². The molecular weight excluding hydrogens is 280 g/mol. The van der Waals surface area contributed by atoms with Gasteiger partial charge in [-0.2, -0.15) is 0 Å². The second kappa shape index (κ2) is 6.28. The van der Waals surface area contributed by atoms with Crippen LogP contribution in [0.15, 0.2) is 52.6 Å². The second-order valence-corrected chi connectivity index (χ2v) is 5.89. The average Bonchev–Trinajstić information content (AvgIpc) is 2.92. The van der Waals surface area contributed by atoms with Gasteiger partial charge in [0.15, 0.2) is 5.16 Å². The number of aromatic nitrogens is 3. The van der Waals surface area contributed by atoms with Crippen LogP contribution in [0, 0.1) is 0 Å². The first-order valence-electron chi connectivity index (χ1n) is 7.06. The number of imidazole rings is 1. The van der Waals surface area contributed by atoms with Crippen molar-refractivity contribution in [3.05, 3.63) is 48.3 Å². The fourth-order valence-electron chi connectivity index (χ4n) is 2.31. The van der Waals surface area contributed by atoms with Crippen molar-refractivity contribution in [3.63, 3.8) is 0 Å². The highest BCUT2D eigenvalue weighted by molar-refractivity contribution is 7.99. The van der Waals surface area contributed by atoms with Crippen molar-refractivity contribution in [2.24, 2.45) is 0 Å². The van der Waals surface area contributed by atoms with Crippen LogP contribution in [0.3, 0.4) is 0 Å². The summed E-state index contributed by atoms with van der Waals surface area (Å²) in [4.78, 5) is 13.5. The number of hydrogen-bond donors (Lipinski definition) is 2. The van der Waals surface area contributed by atoms with Crippen LogP contribution in [-0.4, -0.2) is 22.0 Å². The molecule has 0 fully saturated rings. The quantitative estimate of drug-likeness (QED) is 0.752. The number of rotatable bonds is 5. The average molecular weight is 298 g/mol. The van der Waals surface area contributed by atoms with Gasteiger partial charge in [-0.1, -0.05) is 30.8 Å². The Hall–Kier alpha value is -1.85. The highest BCUT2D eigenvalue weighted by atomic mass is 32.2. The number of benzene rings is 1. The van der Waals surface area contributed by atoms with Gasteiger partial charge in [0.05, 0.1) is 16.7 Å². The van der Waals surface area contributed by atoms with Gasteiger partial charge >= 0.3 is 0 Å². The Morgan fingerprint density at radius 3 is 2.76 bits per heavy atom. The van der Waals surface area contributed by atoms with Gasteiger partial charge in [0.2, 0.25) is 0 Å². The maximum absolute atomic E-state index is 4.57. The van der Waals surface area contributed by atoms with Crippen molar-refractivity contribution in [2.75, 3.05) is 7.05 Å². The first-order chi connectivity index (χ1) is 10.3. The lowest BCUT2D eigenvalue weighted by atomic mass is 10.1. The molecular formula is C16H18N4S. The molecule has 1 unspecified atom stereocenters. The van der Waals surface area contributed by atoms with E-state index in [2.05, 4.69) is 39.3 Å². The summed E-state index contributed by atoms with van der Waals surface area (Å²) >= 11 is 1.60. The van der Waals surface area contributed by atoms with Crippen LogP contribution in [0.2, 0.25) is 0 Å². The van der Waals surface area contributed by atoms with E-state index in [1.807, 2.05) is 37.5 Å². The Labute approximate surface area is 128 Å². The van der Waals surface area contributed by atoms with Gasteiger partial charge in [0.1, 0.15) is 0 Å². The molecule has 0 spiro atoms. The lowest BCUT2D eigenvalue weighted by Crippen LogP contribution is -2.16. The molecule has 0 bridgehead atoms. The first kappa shape index (κ1) is 14.1. The van der Waals surface area contributed by atoms with Gasteiger partial charge in [0.25, 0.3) is 0 Å². The van der Waals surface area contributed by atoms with Crippen LogP contribution in [0.25, 0.3) is 11.0 Å². The third-order valence-corrected chi connectivity index (χ3v) is 4.32. The number of pyridine rings is 1. The highest BCUT2D eigenvalue weighted by Crippen LogP contribution is 2.27. The topological polar surface area (TPSA) is 53.6 Å². The monoisotopic (exact) mass is 298 g/mol. The lowest BCUT2D eigenvalue weighted by Gasteiger charge is -2.12. The van der Waals surface area contributed by atoms with Crippen LogP contribution < -0.4 is 5.32 Å². The van der Waals surface area contributed by atoms with Crippen LogP contribution in [0.4, 0.5) is 0 Å². The van der Waals surface area contributed by atoms with E-state index in [1.165, 1.54) is 0 Å². The molecule has 108 valence electrons. The molecule has 3 aromatic rings. The summed E-state index contributed by atoms with van der Waals surface area (Å²) < 4.78 is 0. The van der Waals surface area contributed by atoms with Crippen molar-refractivity contribution in [1.82, 2.24) is 20.3 Å². The van der Waals surface area contributed by atoms with Crippen molar-refractivity contribution in [1.29, 1.82) is 0 Å². The summed E-state index contributed by atoms with van der Waals surface area (Å²) in [6, 6.07) is 12.5. The summed E-state index contributed by atoms with van der Waals surface area (Å²) in [5, 5.41) is 4.16. The molecule has 1 aromatic carbocycles. The smallest absolute Gasteiger partial charge is 0.171 e. The molecule has 0 aliphatic rings. The minimum Gasteiger partial charge on any atom is -0.333 e. The Morgan fingerprint density at radius 2 is 2.10 bits per heavy atom. The zero-order valence-electron chi connectivity index (χ0n) is 12.1. The van der Waals surface area contributed by atoms with Gasteiger partial charge in [-0.25, -0.2) is 4.98 Å². The second-order valence-electron chi connectivity index (χ2n) is 4.83. The molecule has 2 N–H and O–H groups in total. The van der Waals surface area contributed by atoms with E-state index in [0.717, 1.165) is 33.2 Å². The third kappa shape index (κ3) is 3.09. The number of para-hydroxylation sites is 2. The van der Waals surface area contributed by atoms with E-state index in [1.54, 1.807) is 11.8 Å². The van der Waals surface area contributed by atoms with E-state index in [9.17, 15) is 0 Å². The molecule has 4 nitrogen and oxygen atoms in total.